The zero-order valence-corrected chi connectivity index (χ0v) is 17.8. The summed E-state index contributed by atoms with van der Waals surface area (Å²) in [6.45, 7) is 0.0696. The van der Waals surface area contributed by atoms with Crippen LogP contribution in [0.5, 0.6) is 0 Å². The summed E-state index contributed by atoms with van der Waals surface area (Å²) in [7, 11) is 0. The number of imide groups is 1. The second-order valence-corrected chi connectivity index (χ2v) is 7.45. The van der Waals surface area contributed by atoms with Crippen molar-refractivity contribution in [3.8, 4) is 0 Å². The van der Waals surface area contributed by atoms with Crippen LogP contribution in [0.3, 0.4) is 0 Å². The monoisotopic (exact) mass is 489 g/mol. The van der Waals surface area contributed by atoms with Gasteiger partial charge in [0.1, 0.15) is 12.2 Å². The summed E-state index contributed by atoms with van der Waals surface area (Å²) < 4.78 is 49.8. The second-order valence-electron chi connectivity index (χ2n) is 7.45. The van der Waals surface area contributed by atoms with Gasteiger partial charge in [-0.15, -0.1) is 5.06 Å². The maximum absolute atomic E-state index is 13.2. The summed E-state index contributed by atoms with van der Waals surface area (Å²) in [6, 6.07) is 0. The van der Waals surface area contributed by atoms with E-state index in [2.05, 4.69) is 15.5 Å². The maximum Gasteiger partial charge on any atom is 0.416 e. The molecular formula is C20H22F3N3O8. The molecule has 1 fully saturated rings. The van der Waals surface area contributed by atoms with Crippen LogP contribution in [0.1, 0.15) is 25.7 Å². The smallest absolute Gasteiger partial charge is 0.378 e. The van der Waals surface area contributed by atoms with E-state index in [4.69, 9.17) is 9.47 Å². The van der Waals surface area contributed by atoms with Gasteiger partial charge >= 0.3 is 12.1 Å². The Balaban J connectivity index is 1.25. The van der Waals surface area contributed by atoms with Crippen molar-refractivity contribution in [3.63, 3.8) is 0 Å². The van der Waals surface area contributed by atoms with E-state index in [1.807, 2.05) is 0 Å². The molecule has 3 heterocycles. The number of hydrogen-bond acceptors (Lipinski definition) is 8. The Morgan fingerprint density at radius 3 is 2.26 bits per heavy atom. The van der Waals surface area contributed by atoms with Crippen molar-refractivity contribution in [2.45, 2.75) is 44.1 Å². The zero-order valence-electron chi connectivity index (χ0n) is 17.8. The van der Waals surface area contributed by atoms with Crippen LogP contribution in [0.4, 0.5) is 13.2 Å². The number of fused-ring (bicyclic) bond motifs is 2. The first-order chi connectivity index (χ1) is 16.1. The molecule has 0 aromatic heterocycles. The van der Waals surface area contributed by atoms with E-state index < -0.39 is 59.1 Å². The highest BCUT2D eigenvalue weighted by atomic mass is 19.4. The lowest BCUT2D eigenvalue weighted by Crippen LogP contribution is -2.34. The Morgan fingerprint density at radius 2 is 1.62 bits per heavy atom. The average Bonchev–Trinajstić information content (AvgIpc) is 3.47. The molecule has 3 aliphatic heterocycles. The molecule has 4 amide bonds. The van der Waals surface area contributed by atoms with E-state index in [-0.39, 0.29) is 52.0 Å². The highest BCUT2D eigenvalue weighted by Crippen LogP contribution is 2.43. The van der Waals surface area contributed by atoms with Gasteiger partial charge in [-0.05, 0) is 0 Å². The number of nitrogens with zero attached hydrogens (tertiary/aromatic N) is 1. The van der Waals surface area contributed by atoms with Crippen molar-refractivity contribution in [2.75, 3.05) is 26.3 Å². The molecule has 3 rings (SSSR count). The van der Waals surface area contributed by atoms with Gasteiger partial charge in [0.25, 0.3) is 17.7 Å². The van der Waals surface area contributed by atoms with E-state index in [1.165, 1.54) is 12.2 Å². The van der Waals surface area contributed by atoms with Gasteiger partial charge in [0.05, 0.1) is 30.8 Å². The highest BCUT2D eigenvalue weighted by Gasteiger charge is 2.51. The number of rotatable bonds is 11. The number of ether oxygens (including phenoxy) is 2. The van der Waals surface area contributed by atoms with Crippen LogP contribution in [-0.2, 0) is 38.3 Å². The lowest BCUT2D eigenvalue weighted by Gasteiger charge is -2.16. The third-order valence-electron chi connectivity index (χ3n) is 5.02. The molecule has 1 saturated heterocycles. The van der Waals surface area contributed by atoms with E-state index in [0.717, 1.165) is 0 Å². The lowest BCUT2D eigenvalue weighted by atomic mass is 9.96. The van der Waals surface area contributed by atoms with Crippen LogP contribution in [0, 0.1) is 0 Å². The molecule has 2 bridgehead atoms. The minimum absolute atomic E-state index is 0.00868. The summed E-state index contributed by atoms with van der Waals surface area (Å²) >= 11 is 0. The predicted octanol–water partition coefficient (Wildman–Crippen LogP) is -0.181. The SMILES string of the molecule is O=C(CCC(=O)ON1C(=O)CCC1=O)NCCOCCNC(=O)C1=C(C(F)(F)F)C2C=CC1O2. The Hall–Kier alpha value is -3.26. The number of alkyl halides is 3. The summed E-state index contributed by atoms with van der Waals surface area (Å²) in [6.07, 6.45) is -4.94. The fourth-order valence-corrected chi connectivity index (χ4v) is 3.46. The number of nitrogens with one attached hydrogen (secondary N) is 2. The van der Waals surface area contributed by atoms with Crippen LogP contribution >= 0.6 is 0 Å². The number of hydroxylamine groups is 2. The third-order valence-corrected chi connectivity index (χ3v) is 5.02. The highest BCUT2D eigenvalue weighted by molar-refractivity contribution is 6.01. The predicted molar refractivity (Wildman–Crippen MR) is 104 cm³/mol. The normalized spacial score (nSPS) is 21.4. The molecule has 0 saturated carbocycles. The number of carbonyl (C=O) groups excluding carboxylic acids is 5. The molecule has 34 heavy (non-hydrogen) atoms. The fourth-order valence-electron chi connectivity index (χ4n) is 3.46. The molecule has 0 aromatic rings. The van der Waals surface area contributed by atoms with Crippen molar-refractivity contribution in [1.29, 1.82) is 0 Å². The minimum atomic E-state index is -4.68. The van der Waals surface area contributed by atoms with E-state index in [0.29, 0.717) is 5.06 Å². The van der Waals surface area contributed by atoms with Crippen molar-refractivity contribution >= 4 is 29.6 Å². The first kappa shape index (κ1) is 25.4. The van der Waals surface area contributed by atoms with Crippen LogP contribution in [0.15, 0.2) is 23.3 Å². The summed E-state index contributed by atoms with van der Waals surface area (Å²) in [5.74, 6) is -3.51. The molecular weight excluding hydrogens is 467 g/mol. The van der Waals surface area contributed by atoms with Gasteiger partial charge in [-0.25, -0.2) is 4.79 Å². The summed E-state index contributed by atoms with van der Waals surface area (Å²) in [5, 5.41) is 5.22. The maximum atomic E-state index is 13.2. The Morgan fingerprint density at radius 1 is 1.00 bits per heavy atom. The van der Waals surface area contributed by atoms with Crippen molar-refractivity contribution in [2.24, 2.45) is 0 Å². The number of hydrogen-bond donors (Lipinski definition) is 2. The van der Waals surface area contributed by atoms with Gasteiger partial charge in [0.15, 0.2) is 0 Å². The standard InChI is InChI=1S/C20H22F3N3O8/c21-20(22,23)18-12-2-1-11(33-12)17(18)19(31)25-8-10-32-9-7-24-13(27)3-6-16(30)34-26-14(28)4-5-15(26)29/h1-2,11-12H,3-10H2,(H,24,27)(H,25,31). The van der Waals surface area contributed by atoms with Crippen LogP contribution in [0.25, 0.3) is 0 Å². The van der Waals surface area contributed by atoms with E-state index >= 15 is 0 Å². The molecule has 2 N–H and O–H groups in total. The molecule has 3 aliphatic rings. The van der Waals surface area contributed by atoms with Crippen LogP contribution < -0.4 is 10.6 Å². The fraction of sp³-hybridized carbons (Fsp3) is 0.550. The van der Waals surface area contributed by atoms with Gasteiger partial charge in [-0.2, -0.15) is 13.2 Å². The Labute approximate surface area is 191 Å². The zero-order chi connectivity index (χ0) is 24.9. The molecule has 14 heteroatoms. The van der Waals surface area contributed by atoms with E-state index in [9.17, 15) is 37.1 Å². The van der Waals surface area contributed by atoms with Crippen LogP contribution in [0.2, 0.25) is 0 Å². The Bertz CT molecular complexity index is 915. The number of carbonyl (C=O) groups is 5. The van der Waals surface area contributed by atoms with Gasteiger partial charge in [0.2, 0.25) is 5.91 Å². The average molecular weight is 489 g/mol. The molecule has 0 radical (unpaired) electrons. The molecule has 0 aromatic carbocycles. The second kappa shape index (κ2) is 10.8. The molecule has 11 nitrogen and oxygen atoms in total. The largest absolute Gasteiger partial charge is 0.416 e. The molecule has 2 unspecified atom stereocenters. The van der Waals surface area contributed by atoms with Crippen molar-refractivity contribution in [1.82, 2.24) is 15.7 Å². The van der Waals surface area contributed by atoms with Gasteiger partial charge in [-0.1, -0.05) is 12.2 Å². The topological polar surface area (TPSA) is 140 Å². The molecule has 2 atom stereocenters. The molecule has 0 spiro atoms. The summed E-state index contributed by atoms with van der Waals surface area (Å²) in [4.78, 5) is 62.9. The Kier molecular flexibility index (Phi) is 8.04. The number of halogens is 3. The minimum Gasteiger partial charge on any atom is -0.378 e. The van der Waals surface area contributed by atoms with Crippen LogP contribution in [-0.4, -0.2) is 79.3 Å². The van der Waals surface area contributed by atoms with Gasteiger partial charge < -0.3 is 24.9 Å². The number of amides is 4. The van der Waals surface area contributed by atoms with Gasteiger partial charge in [0, 0.05) is 32.4 Å². The summed E-state index contributed by atoms with van der Waals surface area (Å²) in [5.41, 5.74) is -1.45. The quantitative estimate of drug-likeness (QED) is 0.231. The first-order valence-corrected chi connectivity index (χ1v) is 10.4. The molecule has 0 aliphatic carbocycles. The first-order valence-electron chi connectivity index (χ1n) is 10.4. The van der Waals surface area contributed by atoms with Crippen molar-refractivity contribution < 1.29 is 51.5 Å². The third kappa shape index (κ3) is 6.20. The lowest BCUT2D eigenvalue weighted by molar-refractivity contribution is -0.197. The van der Waals surface area contributed by atoms with Crippen molar-refractivity contribution in [3.05, 3.63) is 23.3 Å². The van der Waals surface area contributed by atoms with E-state index in [1.54, 1.807) is 0 Å². The van der Waals surface area contributed by atoms with Gasteiger partial charge in [-0.3, -0.25) is 19.2 Å². The molecule has 186 valence electrons.